The van der Waals surface area contributed by atoms with Crippen LogP contribution in [-0.4, -0.2) is 58.8 Å². The molecule has 3 rings (SSSR count). The van der Waals surface area contributed by atoms with E-state index >= 15 is 0 Å². The zero-order valence-corrected chi connectivity index (χ0v) is 20.6. The minimum absolute atomic E-state index is 0.0175. The molecule has 0 heterocycles. The molecule has 1 atom stereocenters. The van der Waals surface area contributed by atoms with Crippen LogP contribution in [0.1, 0.15) is 11.7 Å². The summed E-state index contributed by atoms with van der Waals surface area (Å²) >= 11 is 0. The van der Waals surface area contributed by atoms with Gasteiger partial charge < -0.3 is 29.7 Å². The maximum absolute atomic E-state index is 11.4. The first-order valence-corrected chi connectivity index (χ1v) is 12.7. The molecule has 0 amide bonds. The molecule has 3 aromatic rings. The summed E-state index contributed by atoms with van der Waals surface area (Å²) in [6.07, 6.45) is 0.0948. The molecule has 0 radical (unpaired) electrons. The quantitative estimate of drug-likeness (QED) is 0.220. The van der Waals surface area contributed by atoms with Gasteiger partial charge in [0.2, 0.25) is 10.0 Å². The minimum atomic E-state index is -3.55. The minimum Gasteiger partial charge on any atom is -0.506 e. The summed E-state index contributed by atoms with van der Waals surface area (Å²) in [5.74, 6) is 1.83. The molecule has 0 saturated carbocycles. The number of sulfonamides is 1. The third-order valence-electron chi connectivity index (χ3n) is 5.16. The van der Waals surface area contributed by atoms with Crippen molar-refractivity contribution in [2.75, 3.05) is 44.9 Å². The monoisotopic (exact) mass is 502 g/mol. The van der Waals surface area contributed by atoms with E-state index in [9.17, 15) is 18.6 Å². The van der Waals surface area contributed by atoms with Crippen LogP contribution in [0.5, 0.6) is 23.0 Å². The molecule has 4 N–H and O–H groups in total. The third kappa shape index (κ3) is 7.51. The molecule has 35 heavy (non-hydrogen) atoms. The number of phenols is 1. The SMILES string of the molecule is COc1ccc(-c2ccc(OCCNCC(O)c3ccc(O)c(NS(C)(=O)=O)c3)cc2)cc1OC. The maximum Gasteiger partial charge on any atom is 0.229 e. The fourth-order valence-corrected chi connectivity index (χ4v) is 3.96. The maximum atomic E-state index is 11.4. The molecule has 188 valence electrons. The molecule has 1 unspecified atom stereocenters. The van der Waals surface area contributed by atoms with E-state index in [0.29, 0.717) is 36.0 Å². The van der Waals surface area contributed by atoms with E-state index < -0.39 is 16.1 Å². The van der Waals surface area contributed by atoms with Gasteiger partial charge in [0.1, 0.15) is 18.1 Å². The Morgan fingerprint density at radius 2 is 1.60 bits per heavy atom. The normalized spacial score (nSPS) is 12.1. The van der Waals surface area contributed by atoms with E-state index in [0.717, 1.165) is 17.4 Å². The lowest BCUT2D eigenvalue weighted by atomic mass is 10.1. The van der Waals surface area contributed by atoms with Crippen LogP contribution in [0.15, 0.2) is 60.7 Å². The predicted molar refractivity (Wildman–Crippen MR) is 135 cm³/mol. The van der Waals surface area contributed by atoms with E-state index in [1.54, 1.807) is 14.2 Å². The largest absolute Gasteiger partial charge is 0.506 e. The second-order valence-electron chi connectivity index (χ2n) is 7.81. The van der Waals surface area contributed by atoms with Gasteiger partial charge in [-0.1, -0.05) is 24.3 Å². The number of aliphatic hydroxyl groups is 1. The Kier molecular flexibility index (Phi) is 8.80. The summed E-state index contributed by atoms with van der Waals surface area (Å²) in [6, 6.07) is 17.7. The van der Waals surface area contributed by atoms with E-state index in [4.69, 9.17) is 14.2 Å². The Morgan fingerprint density at radius 1 is 0.914 bits per heavy atom. The molecule has 10 heteroatoms. The fraction of sp³-hybridized carbons (Fsp3) is 0.280. The molecule has 0 bridgehead atoms. The van der Waals surface area contributed by atoms with Gasteiger partial charge in [0.15, 0.2) is 11.5 Å². The summed E-state index contributed by atoms with van der Waals surface area (Å²) in [6.45, 7) is 1.10. The Bertz CT molecular complexity index is 1230. The smallest absolute Gasteiger partial charge is 0.229 e. The van der Waals surface area contributed by atoms with E-state index in [2.05, 4.69) is 10.0 Å². The summed E-state index contributed by atoms with van der Waals surface area (Å²) in [5, 5.41) is 23.3. The highest BCUT2D eigenvalue weighted by Crippen LogP contribution is 2.33. The Labute approximate surface area is 205 Å². The van der Waals surface area contributed by atoms with Crippen LogP contribution in [0.3, 0.4) is 0 Å². The number of aliphatic hydroxyl groups excluding tert-OH is 1. The highest BCUT2D eigenvalue weighted by Gasteiger charge is 2.13. The zero-order valence-electron chi connectivity index (χ0n) is 19.8. The first-order chi connectivity index (χ1) is 16.7. The molecule has 0 fully saturated rings. The van der Waals surface area contributed by atoms with Crippen molar-refractivity contribution in [2.24, 2.45) is 0 Å². The van der Waals surface area contributed by atoms with Crippen molar-refractivity contribution in [1.82, 2.24) is 5.32 Å². The molecule has 0 saturated heterocycles. The van der Waals surface area contributed by atoms with Crippen LogP contribution in [0, 0.1) is 0 Å². The van der Waals surface area contributed by atoms with Crippen LogP contribution >= 0.6 is 0 Å². The van der Waals surface area contributed by atoms with Crippen LogP contribution in [0.25, 0.3) is 11.1 Å². The molecular weight excluding hydrogens is 472 g/mol. The summed E-state index contributed by atoms with van der Waals surface area (Å²) in [7, 11) is -0.352. The Morgan fingerprint density at radius 3 is 2.26 bits per heavy atom. The van der Waals surface area contributed by atoms with Crippen LogP contribution in [0.2, 0.25) is 0 Å². The molecule has 0 aliphatic carbocycles. The van der Waals surface area contributed by atoms with Crippen molar-refractivity contribution in [3.05, 3.63) is 66.2 Å². The standard InChI is InChI=1S/C25H30N2O7S/c1-32-24-11-7-18(15-25(24)33-2)17-4-8-20(9-5-17)34-13-12-26-16-23(29)19-6-10-22(28)21(14-19)27-35(3,30)31/h4-11,14-15,23,26-29H,12-13,16H2,1-3H3. The number of rotatable bonds is 12. The van der Waals surface area contributed by atoms with Gasteiger partial charge >= 0.3 is 0 Å². The second-order valence-corrected chi connectivity index (χ2v) is 9.56. The summed E-state index contributed by atoms with van der Waals surface area (Å²) in [5.41, 5.74) is 2.49. The van der Waals surface area contributed by atoms with Gasteiger partial charge in [-0.3, -0.25) is 4.72 Å². The van der Waals surface area contributed by atoms with Crippen molar-refractivity contribution in [3.8, 4) is 34.1 Å². The Hall–Kier alpha value is -3.47. The van der Waals surface area contributed by atoms with Crippen LogP contribution in [-0.2, 0) is 10.0 Å². The number of hydrogen-bond donors (Lipinski definition) is 4. The average molecular weight is 503 g/mol. The number of nitrogens with one attached hydrogen (secondary N) is 2. The fourth-order valence-electron chi connectivity index (χ4n) is 3.40. The van der Waals surface area contributed by atoms with Gasteiger partial charge in [0.25, 0.3) is 0 Å². The third-order valence-corrected chi connectivity index (χ3v) is 5.75. The number of aromatic hydroxyl groups is 1. The van der Waals surface area contributed by atoms with Crippen molar-refractivity contribution in [2.45, 2.75) is 6.10 Å². The number of benzene rings is 3. The molecule has 0 spiro atoms. The van der Waals surface area contributed by atoms with E-state index in [-0.39, 0.29) is 18.0 Å². The lowest BCUT2D eigenvalue weighted by Gasteiger charge is -2.15. The summed E-state index contributed by atoms with van der Waals surface area (Å²) < 4.78 is 41.4. The molecule has 0 aliphatic rings. The van der Waals surface area contributed by atoms with Crippen molar-refractivity contribution < 1.29 is 32.8 Å². The molecule has 0 aromatic heterocycles. The highest BCUT2D eigenvalue weighted by molar-refractivity contribution is 7.92. The van der Waals surface area contributed by atoms with Gasteiger partial charge in [-0.25, -0.2) is 8.42 Å². The van der Waals surface area contributed by atoms with Crippen LogP contribution in [0.4, 0.5) is 5.69 Å². The molecule has 9 nitrogen and oxygen atoms in total. The van der Waals surface area contributed by atoms with Crippen molar-refractivity contribution in [1.29, 1.82) is 0 Å². The first kappa shape index (κ1) is 26.1. The van der Waals surface area contributed by atoms with Gasteiger partial charge in [-0.05, 0) is 53.1 Å². The first-order valence-electron chi connectivity index (χ1n) is 10.8. The van der Waals surface area contributed by atoms with Gasteiger partial charge in [-0.2, -0.15) is 0 Å². The van der Waals surface area contributed by atoms with Gasteiger partial charge in [0, 0.05) is 13.1 Å². The van der Waals surface area contributed by atoms with Gasteiger partial charge in [-0.15, -0.1) is 0 Å². The number of methoxy groups -OCH3 is 2. The summed E-state index contributed by atoms with van der Waals surface area (Å²) in [4.78, 5) is 0. The topological polar surface area (TPSA) is 126 Å². The lowest BCUT2D eigenvalue weighted by Crippen LogP contribution is -2.26. The molecule has 0 aliphatic heterocycles. The number of hydrogen-bond acceptors (Lipinski definition) is 8. The molecule has 3 aromatic carbocycles. The number of ether oxygens (including phenoxy) is 3. The van der Waals surface area contributed by atoms with Crippen molar-refractivity contribution in [3.63, 3.8) is 0 Å². The average Bonchev–Trinajstić information content (AvgIpc) is 2.84. The second kappa shape index (κ2) is 11.8. The molecular formula is C25H30N2O7S. The zero-order chi connectivity index (χ0) is 25.4. The lowest BCUT2D eigenvalue weighted by molar-refractivity contribution is 0.172. The van der Waals surface area contributed by atoms with Crippen molar-refractivity contribution >= 4 is 15.7 Å². The van der Waals surface area contributed by atoms with Crippen LogP contribution < -0.4 is 24.2 Å². The number of anilines is 1. The number of phenolic OH excluding ortho intramolecular Hbond substituents is 1. The predicted octanol–water partition coefficient (Wildman–Crippen LogP) is 3.15. The Balaban J connectivity index is 1.47. The van der Waals surface area contributed by atoms with E-state index in [1.807, 2.05) is 42.5 Å². The van der Waals surface area contributed by atoms with Gasteiger partial charge in [0.05, 0.1) is 32.3 Å². The highest BCUT2D eigenvalue weighted by atomic mass is 32.2. The van der Waals surface area contributed by atoms with E-state index in [1.165, 1.54) is 18.2 Å².